The monoisotopic (exact) mass is 326 g/mol. The van der Waals surface area contributed by atoms with Crippen molar-refractivity contribution in [2.24, 2.45) is 5.73 Å². The van der Waals surface area contributed by atoms with Crippen molar-refractivity contribution in [3.63, 3.8) is 0 Å². The number of hydrogen-bond acceptors (Lipinski definition) is 3. The molecule has 0 saturated carbocycles. The molecule has 0 fully saturated rings. The normalized spacial score (nSPS) is 10.2. The molecule has 1 heterocycles. The van der Waals surface area contributed by atoms with Gasteiger partial charge in [0.25, 0.3) is 0 Å². The first-order chi connectivity index (χ1) is 8.16. The number of thiophene rings is 1. The smallest absolute Gasteiger partial charge is 0.106 e. The maximum atomic E-state index is 5.69. The molecule has 3 N–H and O–H groups in total. The number of nitrogens with two attached hydrogens (primary N) is 1. The van der Waals surface area contributed by atoms with Gasteiger partial charge in [-0.25, -0.2) is 0 Å². The second kappa shape index (κ2) is 5.62. The van der Waals surface area contributed by atoms with E-state index in [1.54, 1.807) is 11.3 Å². The Morgan fingerprint density at radius 2 is 2.24 bits per heavy atom. The Balaban J connectivity index is 2.19. The van der Waals surface area contributed by atoms with E-state index < -0.39 is 0 Å². The maximum Gasteiger partial charge on any atom is 0.106 e. The van der Waals surface area contributed by atoms with Gasteiger partial charge >= 0.3 is 0 Å². The number of nitrogens with one attached hydrogen (secondary N) is 1. The average molecular weight is 327 g/mol. The third-order valence-electron chi connectivity index (χ3n) is 2.28. The molecular formula is C12H11BrN2S2. The minimum Gasteiger partial charge on any atom is -0.389 e. The van der Waals surface area contributed by atoms with Gasteiger partial charge in [-0.3, -0.25) is 0 Å². The summed E-state index contributed by atoms with van der Waals surface area (Å²) in [7, 11) is 0. The number of rotatable bonds is 4. The molecule has 0 aliphatic heterocycles. The number of halogens is 1. The lowest BCUT2D eigenvalue weighted by molar-refractivity contribution is 1.19. The minimum absolute atomic E-state index is 0.408. The number of anilines is 1. The van der Waals surface area contributed by atoms with Crippen LogP contribution in [0, 0.1) is 0 Å². The lowest BCUT2D eigenvalue weighted by atomic mass is 10.2. The molecule has 17 heavy (non-hydrogen) atoms. The van der Waals surface area contributed by atoms with Gasteiger partial charge in [0.15, 0.2) is 0 Å². The molecule has 0 spiro atoms. The Hall–Kier alpha value is -0.910. The fourth-order valence-electron chi connectivity index (χ4n) is 1.47. The summed E-state index contributed by atoms with van der Waals surface area (Å²) in [5, 5.41) is 5.41. The van der Waals surface area contributed by atoms with Crippen molar-refractivity contribution in [3.05, 3.63) is 50.6 Å². The molecule has 2 rings (SSSR count). The summed E-state index contributed by atoms with van der Waals surface area (Å²) < 4.78 is 1.01. The highest BCUT2D eigenvalue weighted by atomic mass is 79.9. The van der Waals surface area contributed by atoms with E-state index in [9.17, 15) is 0 Å². The molecule has 2 aromatic rings. The van der Waals surface area contributed by atoms with Crippen LogP contribution in [0.25, 0.3) is 0 Å². The second-order valence-corrected chi connectivity index (χ2v) is 5.87. The Bertz CT molecular complexity index is 523. The molecule has 0 saturated heterocycles. The fraction of sp³-hybridized carbons (Fsp3) is 0.0833. The highest BCUT2D eigenvalue weighted by Gasteiger charge is 2.05. The molecule has 1 aromatic carbocycles. The van der Waals surface area contributed by atoms with Gasteiger partial charge in [-0.05, 0) is 29.6 Å². The predicted molar refractivity (Wildman–Crippen MR) is 81.7 cm³/mol. The van der Waals surface area contributed by atoms with Crippen LogP contribution in [0.4, 0.5) is 5.69 Å². The zero-order chi connectivity index (χ0) is 12.3. The molecule has 0 unspecified atom stereocenters. The standard InChI is InChI=1S/C12H11BrN2S2/c13-8-3-4-10(12(14)16)11(6-8)15-7-9-2-1-5-17-9/h1-6,15H,7H2,(H2,14,16). The molecule has 1 aromatic heterocycles. The highest BCUT2D eigenvalue weighted by molar-refractivity contribution is 9.10. The predicted octanol–water partition coefficient (Wildman–Crippen LogP) is 3.76. The molecular weight excluding hydrogens is 316 g/mol. The lowest BCUT2D eigenvalue weighted by Gasteiger charge is -2.11. The Kier molecular flexibility index (Phi) is 4.15. The van der Waals surface area contributed by atoms with Crippen molar-refractivity contribution >= 4 is 50.2 Å². The fourth-order valence-corrected chi connectivity index (χ4v) is 2.66. The Morgan fingerprint density at radius 1 is 1.41 bits per heavy atom. The summed E-state index contributed by atoms with van der Waals surface area (Å²) in [5.74, 6) is 0. The van der Waals surface area contributed by atoms with Crippen molar-refractivity contribution in [3.8, 4) is 0 Å². The number of thiocarbonyl (C=S) groups is 1. The van der Waals surface area contributed by atoms with E-state index in [1.807, 2.05) is 24.3 Å². The zero-order valence-electron chi connectivity index (χ0n) is 8.94. The van der Waals surface area contributed by atoms with Gasteiger partial charge in [-0.15, -0.1) is 11.3 Å². The third-order valence-corrected chi connectivity index (χ3v) is 3.87. The van der Waals surface area contributed by atoms with Crippen LogP contribution < -0.4 is 11.1 Å². The first-order valence-electron chi connectivity index (χ1n) is 5.02. The molecule has 0 atom stereocenters. The summed E-state index contributed by atoms with van der Waals surface area (Å²) in [4.78, 5) is 1.69. The number of hydrogen-bond donors (Lipinski definition) is 2. The van der Waals surface area contributed by atoms with Crippen LogP contribution in [-0.4, -0.2) is 4.99 Å². The van der Waals surface area contributed by atoms with Crippen molar-refractivity contribution in [2.75, 3.05) is 5.32 Å². The van der Waals surface area contributed by atoms with Gasteiger partial charge in [0.05, 0.1) is 0 Å². The minimum atomic E-state index is 0.408. The first-order valence-corrected chi connectivity index (χ1v) is 7.10. The van der Waals surface area contributed by atoms with Crippen LogP contribution >= 0.6 is 39.5 Å². The van der Waals surface area contributed by atoms with E-state index in [0.717, 1.165) is 22.3 Å². The lowest BCUT2D eigenvalue weighted by Crippen LogP contribution is -2.13. The van der Waals surface area contributed by atoms with Crippen molar-refractivity contribution in [1.82, 2.24) is 0 Å². The van der Waals surface area contributed by atoms with Crippen LogP contribution in [0.5, 0.6) is 0 Å². The van der Waals surface area contributed by atoms with Crippen LogP contribution in [0.3, 0.4) is 0 Å². The van der Waals surface area contributed by atoms with E-state index in [4.69, 9.17) is 18.0 Å². The van der Waals surface area contributed by atoms with Crippen LogP contribution in [0.2, 0.25) is 0 Å². The summed E-state index contributed by atoms with van der Waals surface area (Å²) in [6, 6.07) is 9.98. The average Bonchev–Trinajstić information content (AvgIpc) is 2.78. The van der Waals surface area contributed by atoms with E-state index in [-0.39, 0.29) is 0 Å². The van der Waals surface area contributed by atoms with Crippen LogP contribution in [0.1, 0.15) is 10.4 Å². The molecule has 5 heteroatoms. The first kappa shape index (κ1) is 12.5. The Labute approximate surface area is 118 Å². The summed E-state index contributed by atoms with van der Waals surface area (Å²) in [6.07, 6.45) is 0. The summed E-state index contributed by atoms with van der Waals surface area (Å²) in [6.45, 7) is 0.781. The molecule has 0 aliphatic rings. The van der Waals surface area contributed by atoms with Gasteiger partial charge < -0.3 is 11.1 Å². The maximum absolute atomic E-state index is 5.69. The topological polar surface area (TPSA) is 38.0 Å². The molecule has 2 nitrogen and oxygen atoms in total. The Morgan fingerprint density at radius 3 is 2.88 bits per heavy atom. The highest BCUT2D eigenvalue weighted by Crippen LogP contribution is 2.22. The van der Waals surface area contributed by atoms with E-state index in [2.05, 4.69) is 32.7 Å². The SMILES string of the molecule is NC(=S)c1ccc(Br)cc1NCc1cccs1. The van der Waals surface area contributed by atoms with Crippen molar-refractivity contribution in [2.45, 2.75) is 6.54 Å². The van der Waals surface area contributed by atoms with Crippen LogP contribution in [-0.2, 0) is 6.54 Å². The summed E-state index contributed by atoms with van der Waals surface area (Å²) in [5.41, 5.74) is 7.53. The largest absolute Gasteiger partial charge is 0.389 e. The van der Waals surface area contributed by atoms with Crippen molar-refractivity contribution < 1.29 is 0 Å². The van der Waals surface area contributed by atoms with Gasteiger partial charge in [0.1, 0.15) is 4.99 Å². The van der Waals surface area contributed by atoms with Gasteiger partial charge in [-0.2, -0.15) is 0 Å². The molecule has 0 radical (unpaired) electrons. The zero-order valence-corrected chi connectivity index (χ0v) is 12.2. The second-order valence-electron chi connectivity index (χ2n) is 3.49. The molecule has 88 valence electrons. The van der Waals surface area contributed by atoms with Gasteiger partial charge in [0, 0.05) is 27.1 Å². The van der Waals surface area contributed by atoms with E-state index >= 15 is 0 Å². The molecule has 0 bridgehead atoms. The van der Waals surface area contributed by atoms with Gasteiger partial charge in [-0.1, -0.05) is 34.2 Å². The number of benzene rings is 1. The molecule has 0 amide bonds. The third kappa shape index (κ3) is 3.28. The van der Waals surface area contributed by atoms with E-state index in [0.29, 0.717) is 4.99 Å². The molecule has 0 aliphatic carbocycles. The van der Waals surface area contributed by atoms with Crippen molar-refractivity contribution in [1.29, 1.82) is 0 Å². The quantitative estimate of drug-likeness (QED) is 0.840. The van der Waals surface area contributed by atoms with E-state index in [1.165, 1.54) is 4.88 Å². The van der Waals surface area contributed by atoms with Gasteiger partial charge in [0.2, 0.25) is 0 Å². The van der Waals surface area contributed by atoms with Crippen LogP contribution in [0.15, 0.2) is 40.2 Å². The summed E-state index contributed by atoms with van der Waals surface area (Å²) >= 11 is 10.2.